The largest absolute Gasteiger partial charge is 0.376 e. The molecule has 0 aliphatic carbocycles. The van der Waals surface area contributed by atoms with Gasteiger partial charge >= 0.3 is 0 Å². The Morgan fingerprint density at radius 3 is 2.65 bits per heavy atom. The van der Waals surface area contributed by atoms with Gasteiger partial charge in [0.2, 0.25) is 0 Å². The van der Waals surface area contributed by atoms with Crippen molar-refractivity contribution < 1.29 is 4.74 Å². The first-order valence-corrected chi connectivity index (χ1v) is 10.1. The molecule has 0 bridgehead atoms. The fourth-order valence-electron chi connectivity index (χ4n) is 3.93. The van der Waals surface area contributed by atoms with Gasteiger partial charge in [-0.2, -0.15) is 0 Å². The summed E-state index contributed by atoms with van der Waals surface area (Å²) in [6, 6.07) is 4.84. The van der Waals surface area contributed by atoms with Crippen LogP contribution in [0.15, 0.2) is 17.5 Å². The fraction of sp³-hybridized carbons (Fsp3) is 0.800. The molecule has 1 aromatic heterocycles. The highest BCUT2D eigenvalue weighted by molar-refractivity contribution is 7.10. The van der Waals surface area contributed by atoms with E-state index >= 15 is 0 Å². The van der Waals surface area contributed by atoms with E-state index < -0.39 is 0 Å². The van der Waals surface area contributed by atoms with Crippen molar-refractivity contribution in [2.24, 2.45) is 11.3 Å². The first-order valence-electron chi connectivity index (χ1n) is 9.23. The van der Waals surface area contributed by atoms with Crippen LogP contribution in [0.5, 0.6) is 0 Å². The number of hydrogen-bond acceptors (Lipinski definition) is 3. The molecule has 23 heavy (non-hydrogen) atoms. The number of nitrogens with one attached hydrogen (secondary N) is 1. The molecule has 1 fully saturated rings. The molecule has 0 spiro atoms. The van der Waals surface area contributed by atoms with Crippen molar-refractivity contribution in [1.29, 1.82) is 0 Å². The summed E-state index contributed by atoms with van der Waals surface area (Å²) in [7, 11) is 0. The van der Waals surface area contributed by atoms with Gasteiger partial charge in [-0.05, 0) is 75.8 Å². The molecule has 0 saturated carbocycles. The smallest absolute Gasteiger partial charge is 0.0631 e. The zero-order chi connectivity index (χ0) is 16.9. The maximum Gasteiger partial charge on any atom is 0.0631 e. The Kier molecular flexibility index (Phi) is 6.70. The molecule has 1 saturated heterocycles. The van der Waals surface area contributed by atoms with Crippen LogP contribution in [-0.4, -0.2) is 18.8 Å². The van der Waals surface area contributed by atoms with E-state index in [1.807, 2.05) is 11.3 Å². The molecular weight excluding hydrogens is 302 g/mol. The number of hydrogen-bond donors (Lipinski definition) is 1. The van der Waals surface area contributed by atoms with Crippen LogP contribution in [-0.2, 0) is 4.74 Å². The number of thiophene rings is 1. The van der Waals surface area contributed by atoms with Gasteiger partial charge in [0.05, 0.1) is 5.60 Å². The summed E-state index contributed by atoms with van der Waals surface area (Å²) in [5, 5.41) is 5.91. The predicted octanol–water partition coefficient (Wildman–Crippen LogP) is 5.80. The van der Waals surface area contributed by atoms with E-state index in [0.717, 1.165) is 19.1 Å². The Bertz CT molecular complexity index is 454. The van der Waals surface area contributed by atoms with Crippen LogP contribution < -0.4 is 5.32 Å². The Hall–Kier alpha value is -0.380. The number of rotatable bonds is 8. The van der Waals surface area contributed by atoms with Crippen molar-refractivity contribution in [3.05, 3.63) is 22.4 Å². The van der Waals surface area contributed by atoms with Crippen molar-refractivity contribution in [2.45, 2.75) is 78.4 Å². The molecule has 3 heteroatoms. The van der Waals surface area contributed by atoms with Crippen molar-refractivity contribution in [2.75, 3.05) is 13.2 Å². The summed E-state index contributed by atoms with van der Waals surface area (Å²) in [6.07, 6.45) is 6.35. The summed E-state index contributed by atoms with van der Waals surface area (Å²) in [5.41, 5.74) is 0.489. The minimum Gasteiger partial charge on any atom is -0.376 e. The average Bonchev–Trinajstić information content (AvgIpc) is 2.98. The quantitative estimate of drug-likeness (QED) is 0.647. The molecule has 2 atom stereocenters. The van der Waals surface area contributed by atoms with E-state index in [1.165, 1.54) is 37.0 Å². The predicted molar refractivity (Wildman–Crippen MR) is 101 cm³/mol. The summed E-state index contributed by atoms with van der Waals surface area (Å²) in [5.74, 6) is 0.788. The van der Waals surface area contributed by atoms with Crippen LogP contribution >= 0.6 is 11.3 Å². The minimum atomic E-state index is 0.0363. The fourth-order valence-corrected chi connectivity index (χ4v) is 4.68. The second-order valence-corrected chi connectivity index (χ2v) is 9.39. The highest BCUT2D eigenvalue weighted by Crippen LogP contribution is 2.45. The molecule has 0 aromatic carbocycles. The molecule has 0 radical (unpaired) electrons. The normalized spacial score (nSPS) is 25.7. The van der Waals surface area contributed by atoms with Crippen molar-refractivity contribution in [1.82, 2.24) is 5.32 Å². The van der Waals surface area contributed by atoms with E-state index in [4.69, 9.17) is 4.74 Å². The Morgan fingerprint density at radius 2 is 2.04 bits per heavy atom. The maximum absolute atomic E-state index is 5.99. The van der Waals surface area contributed by atoms with Gasteiger partial charge in [0.1, 0.15) is 0 Å². The van der Waals surface area contributed by atoms with Crippen LogP contribution in [0.2, 0.25) is 0 Å². The van der Waals surface area contributed by atoms with Crippen molar-refractivity contribution >= 4 is 11.3 Å². The lowest BCUT2D eigenvalue weighted by atomic mass is 9.68. The standard InChI is InChI=1S/C20H35NOS/c1-16(2)8-9-20(11-13-22-19(4,5)15-20)10-12-21-17(3)18-7-6-14-23-18/h6-7,14,16-17,21H,8-13,15H2,1-5H3/t17-,20+/m0/s1. The van der Waals surface area contributed by atoms with E-state index in [2.05, 4.69) is 57.4 Å². The summed E-state index contributed by atoms with van der Waals surface area (Å²) >= 11 is 1.85. The zero-order valence-electron chi connectivity index (χ0n) is 15.7. The van der Waals surface area contributed by atoms with Gasteiger partial charge in [-0.25, -0.2) is 0 Å². The average molecular weight is 338 g/mol. The third kappa shape index (κ3) is 5.88. The van der Waals surface area contributed by atoms with E-state index in [9.17, 15) is 0 Å². The first kappa shape index (κ1) is 19.0. The molecule has 1 aromatic rings. The Labute approximate surface area is 147 Å². The van der Waals surface area contributed by atoms with E-state index in [0.29, 0.717) is 11.5 Å². The van der Waals surface area contributed by atoms with Crippen LogP contribution in [0.3, 0.4) is 0 Å². The molecule has 1 aliphatic rings. The Balaban J connectivity index is 1.91. The summed E-state index contributed by atoms with van der Waals surface area (Å²) in [4.78, 5) is 1.44. The van der Waals surface area contributed by atoms with E-state index in [1.54, 1.807) is 0 Å². The molecule has 1 N–H and O–H groups in total. The van der Waals surface area contributed by atoms with Crippen LogP contribution in [0.1, 0.15) is 77.6 Å². The van der Waals surface area contributed by atoms with Gasteiger partial charge < -0.3 is 10.1 Å². The van der Waals surface area contributed by atoms with Gasteiger partial charge in [0, 0.05) is 17.5 Å². The monoisotopic (exact) mass is 337 g/mol. The molecule has 1 aliphatic heterocycles. The highest BCUT2D eigenvalue weighted by Gasteiger charge is 2.40. The van der Waals surface area contributed by atoms with Gasteiger partial charge in [0.15, 0.2) is 0 Å². The first-order chi connectivity index (χ1) is 10.8. The van der Waals surface area contributed by atoms with Gasteiger partial charge in [0.25, 0.3) is 0 Å². The lowest BCUT2D eigenvalue weighted by Crippen LogP contribution is -2.43. The molecular formula is C20H35NOS. The second kappa shape index (κ2) is 8.13. The SMILES string of the molecule is CC(C)CC[C@@]1(CCN[C@@H](C)c2cccs2)CCOC(C)(C)C1. The second-order valence-electron chi connectivity index (χ2n) is 8.41. The summed E-state index contributed by atoms with van der Waals surface area (Å²) in [6.45, 7) is 13.5. The molecule has 2 heterocycles. The minimum absolute atomic E-state index is 0.0363. The van der Waals surface area contributed by atoms with Crippen LogP contribution in [0.4, 0.5) is 0 Å². The van der Waals surface area contributed by atoms with Gasteiger partial charge in [-0.15, -0.1) is 11.3 Å². The molecule has 0 amide bonds. The highest BCUT2D eigenvalue weighted by atomic mass is 32.1. The van der Waals surface area contributed by atoms with Crippen LogP contribution in [0.25, 0.3) is 0 Å². The third-order valence-corrected chi connectivity index (χ3v) is 6.31. The van der Waals surface area contributed by atoms with E-state index in [-0.39, 0.29) is 5.60 Å². The van der Waals surface area contributed by atoms with Gasteiger partial charge in [-0.3, -0.25) is 0 Å². The van der Waals surface area contributed by atoms with Crippen molar-refractivity contribution in [3.63, 3.8) is 0 Å². The molecule has 2 nitrogen and oxygen atoms in total. The number of ether oxygens (including phenoxy) is 1. The zero-order valence-corrected chi connectivity index (χ0v) is 16.5. The third-order valence-electron chi connectivity index (χ3n) is 5.25. The van der Waals surface area contributed by atoms with Gasteiger partial charge in [-0.1, -0.05) is 26.3 Å². The maximum atomic E-state index is 5.99. The topological polar surface area (TPSA) is 21.3 Å². The summed E-state index contributed by atoms with van der Waals surface area (Å²) < 4.78 is 5.99. The molecule has 0 unspecified atom stereocenters. The van der Waals surface area contributed by atoms with Crippen LogP contribution in [0, 0.1) is 11.3 Å². The molecule has 132 valence electrons. The molecule has 2 rings (SSSR count). The lowest BCUT2D eigenvalue weighted by Gasteiger charge is -2.46. The Morgan fingerprint density at radius 1 is 1.26 bits per heavy atom. The van der Waals surface area contributed by atoms with Crippen molar-refractivity contribution in [3.8, 4) is 0 Å². The lowest BCUT2D eigenvalue weighted by molar-refractivity contribution is -0.110.